The van der Waals surface area contributed by atoms with E-state index >= 15 is 0 Å². The summed E-state index contributed by atoms with van der Waals surface area (Å²) in [6.45, 7) is -0.911. The zero-order valence-corrected chi connectivity index (χ0v) is 8.43. The molecular weight excluding hydrogens is 209 g/mol. The fourth-order valence-electron chi connectivity index (χ4n) is 1.82. The van der Waals surface area contributed by atoms with Crippen molar-refractivity contribution in [2.75, 3.05) is 6.61 Å². The molecule has 3 nitrogen and oxygen atoms in total. The Labute approximate surface area is 86.8 Å². The molecule has 0 amide bonds. The lowest BCUT2D eigenvalue weighted by molar-refractivity contribution is -0.166. The summed E-state index contributed by atoms with van der Waals surface area (Å²) in [4.78, 5) is 0. The molecule has 0 aromatic heterocycles. The van der Waals surface area contributed by atoms with Gasteiger partial charge in [-0.2, -0.15) is 13.2 Å². The molecule has 90 valence electrons. The first-order valence-electron chi connectivity index (χ1n) is 5.12. The number of aliphatic hydroxyl groups excluding tert-OH is 1. The molecule has 1 aliphatic carbocycles. The van der Waals surface area contributed by atoms with Crippen molar-refractivity contribution in [3.05, 3.63) is 0 Å². The lowest BCUT2D eigenvalue weighted by atomic mass is 9.91. The van der Waals surface area contributed by atoms with Crippen LogP contribution in [0.5, 0.6) is 0 Å². The van der Waals surface area contributed by atoms with Gasteiger partial charge >= 0.3 is 6.18 Å². The van der Waals surface area contributed by atoms with E-state index in [-0.39, 0.29) is 12.1 Å². The zero-order valence-electron chi connectivity index (χ0n) is 8.43. The fraction of sp³-hybridized carbons (Fsp3) is 1.00. The molecule has 1 atom stereocenters. The molecule has 0 aromatic rings. The Bertz CT molecular complexity index is 190. The Morgan fingerprint density at radius 3 is 2.20 bits per heavy atom. The van der Waals surface area contributed by atoms with Crippen molar-refractivity contribution < 1.29 is 18.3 Å². The molecule has 15 heavy (non-hydrogen) atoms. The quantitative estimate of drug-likeness (QED) is 0.666. The van der Waals surface area contributed by atoms with Gasteiger partial charge in [0.15, 0.2) is 0 Å². The number of nitrogens with two attached hydrogens (primary N) is 1. The van der Waals surface area contributed by atoms with Crippen LogP contribution in [0, 0.1) is 0 Å². The highest BCUT2D eigenvalue weighted by atomic mass is 19.4. The smallest absolute Gasteiger partial charge is 0.394 e. The molecule has 0 radical (unpaired) electrons. The number of rotatable bonds is 3. The standard InChI is InChI=1S/C9H17F3N2O/c10-9(11,12)8(5-15)14-7-3-1-6(13)2-4-7/h6-8,14-15H,1-5,13H2/t6-,7+,8?. The maximum Gasteiger partial charge on any atom is 0.406 e. The van der Waals surface area contributed by atoms with Crippen molar-refractivity contribution in [3.63, 3.8) is 0 Å². The highest BCUT2D eigenvalue weighted by Crippen LogP contribution is 2.23. The first-order valence-corrected chi connectivity index (χ1v) is 5.12. The maximum absolute atomic E-state index is 12.3. The minimum Gasteiger partial charge on any atom is -0.394 e. The van der Waals surface area contributed by atoms with Crippen molar-refractivity contribution >= 4 is 0 Å². The number of nitrogens with one attached hydrogen (secondary N) is 1. The summed E-state index contributed by atoms with van der Waals surface area (Å²) in [5.74, 6) is 0. The van der Waals surface area contributed by atoms with E-state index in [0.29, 0.717) is 12.8 Å². The van der Waals surface area contributed by atoms with Crippen molar-refractivity contribution in [1.29, 1.82) is 0 Å². The van der Waals surface area contributed by atoms with E-state index in [1.807, 2.05) is 0 Å². The van der Waals surface area contributed by atoms with Crippen LogP contribution in [0.1, 0.15) is 25.7 Å². The Hall–Kier alpha value is -0.330. The minimum absolute atomic E-state index is 0.113. The molecule has 1 rings (SSSR count). The van der Waals surface area contributed by atoms with Crippen molar-refractivity contribution in [1.82, 2.24) is 5.32 Å². The highest BCUT2D eigenvalue weighted by Gasteiger charge is 2.40. The summed E-state index contributed by atoms with van der Waals surface area (Å²) in [6, 6.07) is -1.87. The summed E-state index contributed by atoms with van der Waals surface area (Å²) in [7, 11) is 0. The van der Waals surface area contributed by atoms with E-state index in [2.05, 4.69) is 5.32 Å². The van der Waals surface area contributed by atoms with Crippen LogP contribution < -0.4 is 11.1 Å². The normalized spacial score (nSPS) is 30.2. The van der Waals surface area contributed by atoms with Gasteiger partial charge in [-0.25, -0.2) is 0 Å². The van der Waals surface area contributed by atoms with Crippen LogP contribution in [0.3, 0.4) is 0 Å². The highest BCUT2D eigenvalue weighted by molar-refractivity contribution is 4.84. The molecule has 0 aromatic carbocycles. The van der Waals surface area contributed by atoms with Gasteiger partial charge in [0, 0.05) is 12.1 Å². The average molecular weight is 226 g/mol. The van der Waals surface area contributed by atoms with E-state index < -0.39 is 18.8 Å². The molecule has 1 saturated carbocycles. The largest absolute Gasteiger partial charge is 0.406 e. The third-order valence-electron chi connectivity index (χ3n) is 2.79. The first-order chi connectivity index (χ1) is 6.93. The van der Waals surface area contributed by atoms with Crippen LogP contribution in [0.15, 0.2) is 0 Å². The topological polar surface area (TPSA) is 58.3 Å². The number of alkyl halides is 3. The van der Waals surface area contributed by atoms with Crippen LogP contribution in [0.2, 0.25) is 0 Å². The average Bonchev–Trinajstić information content (AvgIpc) is 2.15. The van der Waals surface area contributed by atoms with Crippen LogP contribution in [0.25, 0.3) is 0 Å². The molecule has 1 fully saturated rings. The van der Waals surface area contributed by atoms with Gasteiger partial charge in [0.25, 0.3) is 0 Å². The van der Waals surface area contributed by atoms with E-state index in [0.717, 1.165) is 12.8 Å². The summed E-state index contributed by atoms with van der Waals surface area (Å²) in [5, 5.41) is 11.1. The summed E-state index contributed by atoms with van der Waals surface area (Å²) in [5.41, 5.74) is 5.65. The Morgan fingerprint density at radius 2 is 1.80 bits per heavy atom. The van der Waals surface area contributed by atoms with Gasteiger partial charge in [-0.1, -0.05) is 0 Å². The zero-order chi connectivity index (χ0) is 11.5. The second-order valence-electron chi connectivity index (χ2n) is 4.06. The molecule has 6 heteroatoms. The Kier molecular flexibility index (Phi) is 4.36. The van der Waals surface area contributed by atoms with Crippen molar-refractivity contribution in [2.45, 2.75) is 50.0 Å². The van der Waals surface area contributed by atoms with E-state index in [1.54, 1.807) is 0 Å². The predicted octanol–water partition coefficient (Wildman–Crippen LogP) is 0.769. The minimum atomic E-state index is -4.38. The molecule has 4 N–H and O–H groups in total. The van der Waals surface area contributed by atoms with Crippen molar-refractivity contribution in [3.8, 4) is 0 Å². The SMILES string of the molecule is N[C@H]1CC[C@@H](NC(CO)C(F)(F)F)CC1. The summed E-state index contributed by atoms with van der Waals surface area (Å²) >= 11 is 0. The molecule has 0 bridgehead atoms. The van der Waals surface area contributed by atoms with Crippen LogP contribution >= 0.6 is 0 Å². The van der Waals surface area contributed by atoms with Crippen molar-refractivity contribution in [2.24, 2.45) is 5.73 Å². The molecule has 0 aliphatic heterocycles. The molecule has 1 unspecified atom stereocenters. The van der Waals surface area contributed by atoms with Gasteiger partial charge in [0.1, 0.15) is 6.04 Å². The lowest BCUT2D eigenvalue weighted by Crippen LogP contribution is -2.51. The molecule has 0 spiro atoms. The van der Waals surface area contributed by atoms with E-state index in [1.165, 1.54) is 0 Å². The second-order valence-corrected chi connectivity index (χ2v) is 4.06. The van der Waals surface area contributed by atoms with Gasteiger partial charge in [-0.05, 0) is 25.7 Å². The molecule has 0 heterocycles. The molecule has 0 saturated heterocycles. The number of hydrogen-bond acceptors (Lipinski definition) is 3. The van der Waals surface area contributed by atoms with Gasteiger partial charge in [0.05, 0.1) is 6.61 Å². The van der Waals surface area contributed by atoms with Gasteiger partial charge in [-0.3, -0.25) is 0 Å². The van der Waals surface area contributed by atoms with Gasteiger partial charge in [-0.15, -0.1) is 0 Å². The van der Waals surface area contributed by atoms with Crippen LogP contribution in [0.4, 0.5) is 13.2 Å². The lowest BCUT2D eigenvalue weighted by Gasteiger charge is -2.30. The van der Waals surface area contributed by atoms with Crippen LogP contribution in [-0.2, 0) is 0 Å². The third-order valence-corrected chi connectivity index (χ3v) is 2.79. The number of aliphatic hydroxyl groups is 1. The monoisotopic (exact) mass is 226 g/mol. The second kappa shape index (κ2) is 5.14. The number of halogens is 3. The first kappa shape index (κ1) is 12.7. The third kappa shape index (κ3) is 3.96. The van der Waals surface area contributed by atoms with E-state index in [9.17, 15) is 13.2 Å². The van der Waals surface area contributed by atoms with E-state index in [4.69, 9.17) is 10.8 Å². The predicted molar refractivity (Wildman–Crippen MR) is 50.3 cm³/mol. The number of hydrogen-bond donors (Lipinski definition) is 3. The Balaban J connectivity index is 2.39. The van der Waals surface area contributed by atoms with Gasteiger partial charge < -0.3 is 16.2 Å². The van der Waals surface area contributed by atoms with Gasteiger partial charge in [0.2, 0.25) is 0 Å². The van der Waals surface area contributed by atoms with Crippen LogP contribution in [-0.4, -0.2) is 36.0 Å². The summed E-state index contributed by atoms with van der Waals surface area (Å²) in [6.07, 6.45) is -1.60. The Morgan fingerprint density at radius 1 is 1.27 bits per heavy atom. The summed E-state index contributed by atoms with van der Waals surface area (Å²) < 4.78 is 36.9. The molecule has 1 aliphatic rings. The molecular formula is C9H17F3N2O. The maximum atomic E-state index is 12.3. The fourth-order valence-corrected chi connectivity index (χ4v) is 1.82.